The van der Waals surface area contributed by atoms with E-state index in [1.807, 2.05) is 39.1 Å². The number of hydrogen-bond donors (Lipinski definition) is 2. The van der Waals surface area contributed by atoms with Gasteiger partial charge in [0.1, 0.15) is 0 Å². The highest BCUT2D eigenvalue weighted by molar-refractivity contribution is 5.93. The van der Waals surface area contributed by atoms with Gasteiger partial charge >= 0.3 is 0 Å². The number of ether oxygens (including phenoxy) is 2. The SMILES string of the molecule is COc1ccc(CC[NH+](C)CC(=O)Nc2c(C)cc(C)cc2C)cc1OC. The zero-order chi connectivity index (χ0) is 20.0. The van der Waals surface area contributed by atoms with Gasteiger partial charge in [-0.05, 0) is 49.6 Å². The molecule has 2 rings (SSSR count). The van der Waals surface area contributed by atoms with Crippen LogP contribution in [0.5, 0.6) is 11.5 Å². The van der Waals surface area contributed by atoms with Crippen LogP contribution in [0.4, 0.5) is 5.69 Å². The highest BCUT2D eigenvalue weighted by Crippen LogP contribution is 2.27. The second-order valence-corrected chi connectivity index (χ2v) is 7.15. The molecule has 2 N–H and O–H groups in total. The predicted octanol–water partition coefficient (Wildman–Crippen LogP) is 2.32. The van der Waals surface area contributed by atoms with Crippen LogP contribution in [0.15, 0.2) is 30.3 Å². The molecule has 2 aromatic rings. The lowest BCUT2D eigenvalue weighted by Gasteiger charge is -2.16. The maximum Gasteiger partial charge on any atom is 0.279 e. The van der Waals surface area contributed by atoms with Crippen molar-refractivity contribution in [2.75, 3.05) is 39.7 Å². The number of amides is 1. The van der Waals surface area contributed by atoms with Gasteiger partial charge in [0.25, 0.3) is 5.91 Å². The van der Waals surface area contributed by atoms with Gasteiger partial charge in [-0.25, -0.2) is 0 Å². The van der Waals surface area contributed by atoms with E-state index >= 15 is 0 Å². The first kappa shape index (κ1) is 20.8. The average Bonchev–Trinajstić information content (AvgIpc) is 2.62. The van der Waals surface area contributed by atoms with Crippen molar-refractivity contribution in [1.82, 2.24) is 0 Å². The zero-order valence-corrected chi connectivity index (χ0v) is 17.2. The standard InChI is InChI=1S/C22H30N2O3/c1-15-11-16(2)22(17(3)12-15)23-21(25)14-24(4)10-9-18-7-8-19(26-5)20(13-18)27-6/h7-8,11-13H,9-10,14H2,1-6H3,(H,23,25)/p+1. The Morgan fingerprint density at radius 1 is 1.00 bits per heavy atom. The Bertz CT molecular complexity index is 779. The van der Waals surface area contributed by atoms with Gasteiger partial charge in [-0.2, -0.15) is 0 Å². The third-order valence-corrected chi connectivity index (χ3v) is 4.69. The van der Waals surface area contributed by atoms with Crippen LogP contribution in [-0.2, 0) is 11.2 Å². The number of hydrogen-bond acceptors (Lipinski definition) is 3. The molecule has 1 unspecified atom stereocenters. The summed E-state index contributed by atoms with van der Waals surface area (Å²) in [5.41, 5.74) is 5.50. The molecule has 0 fully saturated rings. The fourth-order valence-corrected chi connectivity index (χ4v) is 3.32. The maximum atomic E-state index is 12.4. The quantitative estimate of drug-likeness (QED) is 0.749. The number of quaternary nitrogens is 1. The Morgan fingerprint density at radius 2 is 1.63 bits per heavy atom. The minimum absolute atomic E-state index is 0.0369. The van der Waals surface area contributed by atoms with Crippen LogP contribution < -0.4 is 19.7 Å². The van der Waals surface area contributed by atoms with E-state index < -0.39 is 0 Å². The van der Waals surface area contributed by atoms with Gasteiger partial charge in [-0.15, -0.1) is 0 Å². The minimum Gasteiger partial charge on any atom is -0.493 e. The van der Waals surface area contributed by atoms with Gasteiger partial charge in [0.15, 0.2) is 18.0 Å². The molecular formula is C22H31N2O3+. The summed E-state index contributed by atoms with van der Waals surface area (Å²) in [6, 6.07) is 10.1. The lowest BCUT2D eigenvalue weighted by Crippen LogP contribution is -3.10. The van der Waals surface area contributed by atoms with E-state index in [1.165, 1.54) is 5.56 Å². The molecule has 5 heteroatoms. The van der Waals surface area contributed by atoms with Crippen LogP contribution in [0.25, 0.3) is 0 Å². The summed E-state index contributed by atoms with van der Waals surface area (Å²) >= 11 is 0. The lowest BCUT2D eigenvalue weighted by atomic mass is 10.1. The number of carbonyl (C=O) groups is 1. The molecule has 0 spiro atoms. The Labute approximate surface area is 162 Å². The second-order valence-electron chi connectivity index (χ2n) is 7.15. The molecule has 146 valence electrons. The molecule has 1 amide bonds. The Balaban J connectivity index is 1.90. The number of carbonyl (C=O) groups excluding carboxylic acids is 1. The molecule has 0 aromatic heterocycles. The second kappa shape index (κ2) is 9.42. The average molecular weight is 372 g/mol. The summed E-state index contributed by atoms with van der Waals surface area (Å²) in [5.74, 6) is 1.50. The van der Waals surface area contributed by atoms with Crippen molar-refractivity contribution >= 4 is 11.6 Å². The van der Waals surface area contributed by atoms with Gasteiger partial charge in [0.2, 0.25) is 0 Å². The molecule has 0 saturated heterocycles. The lowest BCUT2D eigenvalue weighted by molar-refractivity contribution is -0.870. The van der Waals surface area contributed by atoms with Crippen LogP contribution >= 0.6 is 0 Å². The maximum absolute atomic E-state index is 12.4. The normalized spacial score (nSPS) is 11.8. The van der Waals surface area contributed by atoms with Crippen molar-refractivity contribution in [2.45, 2.75) is 27.2 Å². The van der Waals surface area contributed by atoms with E-state index in [1.54, 1.807) is 14.2 Å². The van der Waals surface area contributed by atoms with Crippen LogP contribution in [-0.4, -0.2) is 40.3 Å². The van der Waals surface area contributed by atoms with Gasteiger partial charge in [0, 0.05) is 12.1 Å². The summed E-state index contributed by atoms with van der Waals surface area (Å²) in [6.45, 7) is 7.42. The number of anilines is 1. The minimum atomic E-state index is 0.0369. The van der Waals surface area contributed by atoms with Gasteiger partial charge in [-0.3, -0.25) is 4.79 Å². The van der Waals surface area contributed by atoms with Crippen LogP contribution in [0, 0.1) is 20.8 Å². The summed E-state index contributed by atoms with van der Waals surface area (Å²) in [7, 11) is 5.30. The first-order valence-electron chi connectivity index (χ1n) is 9.24. The first-order valence-corrected chi connectivity index (χ1v) is 9.24. The van der Waals surface area contributed by atoms with Crippen molar-refractivity contribution in [3.63, 3.8) is 0 Å². The molecule has 5 nitrogen and oxygen atoms in total. The number of likely N-dealkylation sites (N-methyl/N-ethyl adjacent to an activating group) is 1. The number of rotatable bonds is 8. The summed E-state index contributed by atoms with van der Waals surface area (Å²) < 4.78 is 10.6. The number of benzene rings is 2. The third-order valence-electron chi connectivity index (χ3n) is 4.69. The fourth-order valence-electron chi connectivity index (χ4n) is 3.32. The predicted molar refractivity (Wildman–Crippen MR) is 109 cm³/mol. The van der Waals surface area contributed by atoms with Crippen molar-refractivity contribution in [2.24, 2.45) is 0 Å². The van der Waals surface area contributed by atoms with Gasteiger partial charge in [-0.1, -0.05) is 23.8 Å². The van der Waals surface area contributed by atoms with E-state index in [4.69, 9.17) is 9.47 Å². The van der Waals surface area contributed by atoms with Crippen LogP contribution in [0.3, 0.4) is 0 Å². The smallest absolute Gasteiger partial charge is 0.279 e. The molecule has 0 aliphatic heterocycles. The largest absolute Gasteiger partial charge is 0.493 e. The molecular weight excluding hydrogens is 340 g/mol. The van der Waals surface area contributed by atoms with E-state index in [0.29, 0.717) is 6.54 Å². The Morgan fingerprint density at radius 3 is 2.22 bits per heavy atom. The van der Waals surface area contributed by atoms with Crippen molar-refractivity contribution in [3.8, 4) is 11.5 Å². The van der Waals surface area contributed by atoms with E-state index in [0.717, 1.165) is 51.7 Å². The molecule has 0 aliphatic rings. The van der Waals surface area contributed by atoms with E-state index in [9.17, 15) is 4.79 Å². The molecule has 27 heavy (non-hydrogen) atoms. The van der Waals surface area contributed by atoms with E-state index in [-0.39, 0.29) is 5.91 Å². The monoisotopic (exact) mass is 371 g/mol. The molecule has 0 aliphatic carbocycles. The molecule has 0 heterocycles. The molecule has 2 aromatic carbocycles. The topological polar surface area (TPSA) is 52.0 Å². The van der Waals surface area contributed by atoms with Gasteiger partial charge in [0.05, 0.1) is 27.8 Å². The highest BCUT2D eigenvalue weighted by atomic mass is 16.5. The molecule has 0 radical (unpaired) electrons. The first-order chi connectivity index (χ1) is 12.8. The highest BCUT2D eigenvalue weighted by Gasteiger charge is 2.13. The van der Waals surface area contributed by atoms with Crippen molar-refractivity contribution < 1.29 is 19.2 Å². The molecule has 0 saturated carbocycles. The summed E-state index contributed by atoms with van der Waals surface area (Å²) in [6.07, 6.45) is 0.863. The van der Waals surface area contributed by atoms with Crippen molar-refractivity contribution in [3.05, 3.63) is 52.6 Å². The number of aryl methyl sites for hydroxylation is 3. The fraction of sp³-hybridized carbons (Fsp3) is 0.409. The van der Waals surface area contributed by atoms with Crippen LogP contribution in [0.2, 0.25) is 0 Å². The third kappa shape index (κ3) is 5.73. The molecule has 0 bridgehead atoms. The summed E-state index contributed by atoms with van der Waals surface area (Å²) in [5, 5.41) is 3.07. The van der Waals surface area contributed by atoms with Gasteiger partial charge < -0.3 is 19.7 Å². The molecule has 1 atom stereocenters. The zero-order valence-electron chi connectivity index (χ0n) is 17.2. The number of methoxy groups -OCH3 is 2. The Kier molecular flexibility index (Phi) is 7.25. The summed E-state index contributed by atoms with van der Waals surface area (Å²) in [4.78, 5) is 13.6. The van der Waals surface area contributed by atoms with Crippen molar-refractivity contribution in [1.29, 1.82) is 0 Å². The Hall–Kier alpha value is -2.53. The van der Waals surface area contributed by atoms with E-state index in [2.05, 4.69) is 24.4 Å². The number of nitrogens with one attached hydrogen (secondary N) is 2. The van der Waals surface area contributed by atoms with Crippen LogP contribution in [0.1, 0.15) is 22.3 Å².